The zero-order chi connectivity index (χ0) is 22.3. The molecule has 5 rings (SSSR count). The van der Waals surface area contributed by atoms with E-state index in [1.54, 1.807) is 11.3 Å². The zero-order valence-corrected chi connectivity index (χ0v) is 19.7. The molecule has 1 aliphatic heterocycles. The van der Waals surface area contributed by atoms with Gasteiger partial charge in [0.1, 0.15) is 23.5 Å². The molecule has 5 heteroatoms. The van der Waals surface area contributed by atoms with Crippen LogP contribution in [0.4, 0.5) is 5.00 Å². The number of rotatable bonds is 4. The number of hydrogen-bond acceptors (Lipinski definition) is 4. The molecule has 2 aromatic carbocycles. The van der Waals surface area contributed by atoms with Gasteiger partial charge in [0.05, 0.1) is 5.56 Å². The number of nitrogens with one attached hydrogen (secondary N) is 2. The molecule has 2 atom stereocenters. The van der Waals surface area contributed by atoms with Gasteiger partial charge in [0, 0.05) is 4.88 Å². The Balaban J connectivity index is 1.34. The second-order valence-corrected chi connectivity index (χ2v) is 11.0. The van der Waals surface area contributed by atoms with E-state index in [0.717, 1.165) is 46.7 Å². The highest BCUT2D eigenvalue weighted by molar-refractivity contribution is 7.16. The number of hydrogen-bond donors (Lipinski definition) is 2. The molecular formula is C27H30N2O2S. The van der Waals surface area contributed by atoms with Crippen molar-refractivity contribution in [2.45, 2.75) is 52.8 Å². The fourth-order valence-corrected chi connectivity index (χ4v) is 6.08. The molecule has 2 N–H and O–H groups in total. The van der Waals surface area contributed by atoms with Crippen LogP contribution in [0.5, 0.6) is 5.75 Å². The van der Waals surface area contributed by atoms with Crippen LogP contribution in [-0.4, -0.2) is 5.91 Å². The number of thiophene rings is 1. The number of carbonyl (C=O) groups is 1. The number of benzene rings is 2. The quantitative estimate of drug-likeness (QED) is 0.492. The first-order chi connectivity index (χ1) is 15.4. The molecule has 0 saturated heterocycles. The summed E-state index contributed by atoms with van der Waals surface area (Å²) in [6.07, 6.45) is 2.95. The van der Waals surface area contributed by atoms with E-state index in [4.69, 9.17) is 4.74 Å². The van der Waals surface area contributed by atoms with Gasteiger partial charge in [-0.25, -0.2) is 0 Å². The van der Waals surface area contributed by atoms with E-state index in [1.807, 2.05) is 42.5 Å². The number of carbonyl (C=O) groups excluding carboxylic acids is 1. The number of ether oxygens (including phenoxy) is 1. The minimum atomic E-state index is -0.256. The third-order valence-corrected chi connectivity index (χ3v) is 7.89. The van der Waals surface area contributed by atoms with E-state index in [0.29, 0.717) is 17.9 Å². The van der Waals surface area contributed by atoms with Gasteiger partial charge >= 0.3 is 0 Å². The summed E-state index contributed by atoms with van der Waals surface area (Å²) in [6, 6.07) is 18.1. The Labute approximate surface area is 194 Å². The standard InChI is InChI=1S/C27H30N2O2S/c1-27(2,3)19-12-13-21-22(15-19)32-26-23(21)25(30)28-24(29-26)18-10-7-11-20(14-18)31-16-17-8-5-4-6-9-17/h4-11,14,19,24,29H,12-13,15-16H2,1-3H3,(H,28,30)/t19-,24+/m0/s1. The van der Waals surface area contributed by atoms with Crippen molar-refractivity contribution in [3.05, 3.63) is 81.7 Å². The Morgan fingerprint density at radius 3 is 2.66 bits per heavy atom. The maximum absolute atomic E-state index is 13.1. The van der Waals surface area contributed by atoms with E-state index in [1.165, 1.54) is 10.4 Å². The summed E-state index contributed by atoms with van der Waals surface area (Å²) in [5, 5.41) is 7.76. The van der Waals surface area contributed by atoms with Gasteiger partial charge in [0.15, 0.2) is 0 Å². The third-order valence-electron chi connectivity index (χ3n) is 6.71. The topological polar surface area (TPSA) is 50.4 Å². The molecule has 1 amide bonds. The van der Waals surface area contributed by atoms with Gasteiger partial charge < -0.3 is 15.4 Å². The zero-order valence-electron chi connectivity index (χ0n) is 18.9. The Morgan fingerprint density at radius 2 is 1.88 bits per heavy atom. The molecule has 0 spiro atoms. The fourth-order valence-electron chi connectivity index (χ4n) is 4.73. The lowest BCUT2D eigenvalue weighted by molar-refractivity contribution is 0.0934. The molecule has 0 saturated carbocycles. The molecule has 0 unspecified atom stereocenters. The molecule has 2 heterocycles. The maximum Gasteiger partial charge on any atom is 0.256 e. The minimum Gasteiger partial charge on any atom is -0.489 e. The molecular weight excluding hydrogens is 416 g/mol. The summed E-state index contributed by atoms with van der Waals surface area (Å²) in [6.45, 7) is 7.49. The number of fused-ring (bicyclic) bond motifs is 3. The summed E-state index contributed by atoms with van der Waals surface area (Å²) < 4.78 is 5.99. The summed E-state index contributed by atoms with van der Waals surface area (Å²) in [7, 11) is 0. The first-order valence-corrected chi connectivity index (χ1v) is 12.2. The Kier molecular flexibility index (Phi) is 5.46. The highest BCUT2D eigenvalue weighted by atomic mass is 32.1. The van der Waals surface area contributed by atoms with Crippen molar-refractivity contribution in [2.24, 2.45) is 11.3 Å². The van der Waals surface area contributed by atoms with Gasteiger partial charge in [-0.15, -0.1) is 11.3 Å². The SMILES string of the molecule is CC(C)(C)[C@H]1CCc2c(sc3c2C(=O)N[C@@H](c2cccc(OCc4ccccc4)c2)N3)C1. The van der Waals surface area contributed by atoms with Gasteiger partial charge in [0.25, 0.3) is 5.91 Å². The molecule has 3 aromatic rings. The predicted molar refractivity (Wildman–Crippen MR) is 130 cm³/mol. The van der Waals surface area contributed by atoms with E-state index in [9.17, 15) is 4.79 Å². The van der Waals surface area contributed by atoms with Crippen molar-refractivity contribution in [1.82, 2.24) is 5.32 Å². The van der Waals surface area contributed by atoms with Crippen LogP contribution in [-0.2, 0) is 19.4 Å². The van der Waals surface area contributed by atoms with Crippen molar-refractivity contribution >= 4 is 22.2 Å². The number of anilines is 1. The van der Waals surface area contributed by atoms with Crippen LogP contribution in [0.3, 0.4) is 0 Å². The van der Waals surface area contributed by atoms with E-state index in [2.05, 4.69) is 43.5 Å². The summed E-state index contributed by atoms with van der Waals surface area (Å²) in [4.78, 5) is 14.5. The molecule has 1 aromatic heterocycles. The largest absolute Gasteiger partial charge is 0.489 e. The van der Waals surface area contributed by atoms with Gasteiger partial charge in [-0.1, -0.05) is 63.2 Å². The first-order valence-electron chi connectivity index (χ1n) is 11.4. The molecule has 1 aliphatic carbocycles. The Hall–Kier alpha value is -2.79. The average molecular weight is 447 g/mol. The summed E-state index contributed by atoms with van der Waals surface area (Å²) in [5.74, 6) is 1.49. The maximum atomic E-state index is 13.1. The van der Waals surface area contributed by atoms with Crippen LogP contribution >= 0.6 is 11.3 Å². The lowest BCUT2D eigenvalue weighted by Gasteiger charge is -2.34. The normalized spacial score (nSPS) is 20.0. The van der Waals surface area contributed by atoms with Crippen LogP contribution in [0.15, 0.2) is 54.6 Å². The smallest absolute Gasteiger partial charge is 0.256 e. The minimum absolute atomic E-state index is 0.0334. The highest BCUT2D eigenvalue weighted by Crippen LogP contribution is 2.46. The average Bonchev–Trinajstić information content (AvgIpc) is 3.16. The van der Waals surface area contributed by atoms with Crippen molar-refractivity contribution in [2.75, 3.05) is 5.32 Å². The summed E-state index contributed by atoms with van der Waals surface area (Å²) >= 11 is 1.77. The van der Waals surface area contributed by atoms with Crippen LogP contribution in [0.1, 0.15) is 65.3 Å². The molecule has 32 heavy (non-hydrogen) atoms. The van der Waals surface area contributed by atoms with Gasteiger partial charge in [-0.3, -0.25) is 4.79 Å². The second kappa shape index (κ2) is 8.28. The summed E-state index contributed by atoms with van der Waals surface area (Å²) in [5.41, 5.74) is 4.54. The highest BCUT2D eigenvalue weighted by Gasteiger charge is 2.36. The third kappa shape index (κ3) is 4.14. The molecule has 0 radical (unpaired) electrons. The monoisotopic (exact) mass is 446 g/mol. The molecule has 0 fully saturated rings. The second-order valence-electron chi connectivity index (χ2n) is 9.91. The fraction of sp³-hybridized carbons (Fsp3) is 0.370. The van der Waals surface area contributed by atoms with Crippen LogP contribution in [0, 0.1) is 11.3 Å². The first kappa shape index (κ1) is 21.1. The van der Waals surface area contributed by atoms with Crippen molar-refractivity contribution < 1.29 is 9.53 Å². The Bertz CT molecular complexity index is 1130. The molecule has 0 bridgehead atoms. The van der Waals surface area contributed by atoms with E-state index in [-0.39, 0.29) is 12.1 Å². The molecule has 4 nitrogen and oxygen atoms in total. The van der Waals surface area contributed by atoms with Crippen molar-refractivity contribution in [1.29, 1.82) is 0 Å². The van der Waals surface area contributed by atoms with Gasteiger partial charge in [-0.2, -0.15) is 0 Å². The van der Waals surface area contributed by atoms with Crippen LogP contribution in [0.2, 0.25) is 0 Å². The predicted octanol–water partition coefficient (Wildman–Crippen LogP) is 6.33. The van der Waals surface area contributed by atoms with Gasteiger partial charge in [-0.05, 0) is 59.4 Å². The lowest BCUT2D eigenvalue weighted by Crippen LogP contribution is -2.38. The van der Waals surface area contributed by atoms with Crippen molar-refractivity contribution in [3.8, 4) is 5.75 Å². The van der Waals surface area contributed by atoms with Crippen molar-refractivity contribution in [3.63, 3.8) is 0 Å². The van der Waals surface area contributed by atoms with Crippen LogP contribution in [0.25, 0.3) is 0 Å². The lowest BCUT2D eigenvalue weighted by atomic mass is 9.72. The van der Waals surface area contributed by atoms with E-state index < -0.39 is 0 Å². The molecule has 166 valence electrons. The van der Waals surface area contributed by atoms with Gasteiger partial charge in [0.2, 0.25) is 0 Å². The molecule has 2 aliphatic rings. The Morgan fingerprint density at radius 1 is 1.06 bits per heavy atom. The van der Waals surface area contributed by atoms with E-state index >= 15 is 0 Å². The number of amides is 1. The van der Waals surface area contributed by atoms with Crippen LogP contribution < -0.4 is 15.4 Å².